The lowest BCUT2D eigenvalue weighted by atomic mass is 9.95. The van der Waals surface area contributed by atoms with E-state index >= 15 is 0 Å². The van der Waals surface area contributed by atoms with E-state index in [1.165, 1.54) is 43.4 Å². The Hall–Kier alpha value is -1.57. The topological polar surface area (TPSA) is 70.2 Å². The van der Waals surface area contributed by atoms with Gasteiger partial charge in [0.15, 0.2) is 0 Å². The molecule has 0 bridgehead atoms. The third-order valence-corrected chi connectivity index (χ3v) is 5.73. The van der Waals surface area contributed by atoms with E-state index in [2.05, 4.69) is 25.7 Å². The summed E-state index contributed by atoms with van der Waals surface area (Å²) in [6.07, 6.45) is 6.15. The first kappa shape index (κ1) is 18.2. The van der Waals surface area contributed by atoms with Crippen molar-refractivity contribution in [2.24, 2.45) is 0 Å². The number of halogens is 2. The number of rotatable bonds is 4. The standard InChI is InChI=1S/C16H19Cl2N5OS/c1-23(11-5-3-2-4-6-11)16-22-21-15(25-16)20-14(24)19-13-9-10(17)7-8-12(13)18/h7-9,11H,2-6H2,1H3,(H2,19,20,21,24). The molecule has 9 heteroatoms. The number of nitrogens with one attached hydrogen (secondary N) is 2. The van der Waals surface area contributed by atoms with Crippen LogP contribution in [-0.4, -0.2) is 29.3 Å². The SMILES string of the molecule is CN(c1nnc(NC(=O)Nc2cc(Cl)ccc2Cl)s1)C1CCCCC1. The van der Waals surface area contributed by atoms with Crippen LogP contribution >= 0.6 is 34.5 Å². The lowest BCUT2D eigenvalue weighted by Gasteiger charge is -2.30. The number of amides is 2. The number of aromatic nitrogens is 2. The first-order valence-corrected chi connectivity index (χ1v) is 9.69. The van der Waals surface area contributed by atoms with Crippen LogP contribution in [0.4, 0.5) is 20.7 Å². The minimum Gasteiger partial charge on any atom is -0.347 e. The molecule has 134 valence electrons. The molecule has 0 saturated heterocycles. The van der Waals surface area contributed by atoms with Gasteiger partial charge in [-0.25, -0.2) is 4.79 Å². The first-order chi connectivity index (χ1) is 12.0. The van der Waals surface area contributed by atoms with Gasteiger partial charge in [0.1, 0.15) is 0 Å². The Morgan fingerprint density at radius 2 is 1.96 bits per heavy atom. The molecule has 0 atom stereocenters. The molecule has 0 aliphatic heterocycles. The van der Waals surface area contributed by atoms with Gasteiger partial charge in [0.25, 0.3) is 0 Å². The molecule has 25 heavy (non-hydrogen) atoms. The predicted octanol–water partition coefficient (Wildman–Crippen LogP) is 5.26. The van der Waals surface area contributed by atoms with Crippen LogP contribution in [0.2, 0.25) is 10.0 Å². The summed E-state index contributed by atoms with van der Waals surface area (Å²) in [6, 6.07) is 4.93. The molecule has 1 saturated carbocycles. The van der Waals surface area contributed by atoms with Crippen LogP contribution in [0.15, 0.2) is 18.2 Å². The van der Waals surface area contributed by atoms with E-state index in [-0.39, 0.29) is 0 Å². The second-order valence-electron chi connectivity index (χ2n) is 6.00. The molecule has 6 nitrogen and oxygen atoms in total. The van der Waals surface area contributed by atoms with Crippen LogP contribution in [0, 0.1) is 0 Å². The Morgan fingerprint density at radius 1 is 1.20 bits per heavy atom. The summed E-state index contributed by atoms with van der Waals surface area (Å²) in [6.45, 7) is 0. The Labute approximate surface area is 160 Å². The van der Waals surface area contributed by atoms with E-state index in [0.717, 1.165) is 5.13 Å². The molecule has 1 aliphatic carbocycles. The highest BCUT2D eigenvalue weighted by molar-refractivity contribution is 7.19. The second-order valence-corrected chi connectivity index (χ2v) is 7.80. The van der Waals surface area contributed by atoms with E-state index in [4.69, 9.17) is 23.2 Å². The predicted molar refractivity (Wildman–Crippen MR) is 104 cm³/mol. The summed E-state index contributed by atoms with van der Waals surface area (Å²) in [7, 11) is 2.03. The number of urea groups is 1. The highest BCUT2D eigenvalue weighted by Crippen LogP contribution is 2.30. The van der Waals surface area contributed by atoms with Crippen molar-refractivity contribution in [2.45, 2.75) is 38.1 Å². The molecule has 1 heterocycles. The van der Waals surface area contributed by atoms with Gasteiger partial charge in [0, 0.05) is 18.1 Å². The van der Waals surface area contributed by atoms with E-state index in [1.54, 1.807) is 18.2 Å². The monoisotopic (exact) mass is 399 g/mol. The van der Waals surface area contributed by atoms with Crippen molar-refractivity contribution in [2.75, 3.05) is 22.6 Å². The third-order valence-electron chi connectivity index (χ3n) is 4.24. The highest BCUT2D eigenvalue weighted by atomic mass is 35.5. The van der Waals surface area contributed by atoms with Gasteiger partial charge >= 0.3 is 6.03 Å². The van der Waals surface area contributed by atoms with Gasteiger partial charge in [-0.15, -0.1) is 10.2 Å². The Balaban J connectivity index is 1.60. The van der Waals surface area contributed by atoms with Crippen LogP contribution in [0.25, 0.3) is 0 Å². The zero-order chi connectivity index (χ0) is 17.8. The molecular formula is C16H19Cl2N5OS. The molecule has 2 aromatic rings. The molecule has 3 rings (SSSR count). The van der Waals surface area contributed by atoms with Gasteiger partial charge in [-0.3, -0.25) is 5.32 Å². The summed E-state index contributed by atoms with van der Waals surface area (Å²) in [4.78, 5) is 14.3. The summed E-state index contributed by atoms with van der Waals surface area (Å²) in [5.41, 5.74) is 0.440. The number of hydrogen-bond acceptors (Lipinski definition) is 5. The van der Waals surface area contributed by atoms with Crippen molar-refractivity contribution < 1.29 is 4.79 Å². The van der Waals surface area contributed by atoms with E-state index in [9.17, 15) is 4.79 Å². The lowest BCUT2D eigenvalue weighted by molar-refractivity contribution is 0.262. The van der Waals surface area contributed by atoms with E-state index < -0.39 is 6.03 Å². The summed E-state index contributed by atoms with van der Waals surface area (Å²) < 4.78 is 0. The van der Waals surface area contributed by atoms with Gasteiger partial charge in [0.2, 0.25) is 10.3 Å². The van der Waals surface area contributed by atoms with Crippen molar-refractivity contribution in [3.63, 3.8) is 0 Å². The molecule has 1 aromatic carbocycles. The van der Waals surface area contributed by atoms with Crippen molar-refractivity contribution in [3.05, 3.63) is 28.2 Å². The lowest BCUT2D eigenvalue weighted by Crippen LogP contribution is -2.33. The Morgan fingerprint density at radius 3 is 2.72 bits per heavy atom. The minimum absolute atomic E-state index is 0.412. The number of anilines is 3. The van der Waals surface area contributed by atoms with Crippen molar-refractivity contribution in [1.82, 2.24) is 10.2 Å². The van der Waals surface area contributed by atoms with E-state index in [0.29, 0.717) is 26.9 Å². The number of hydrogen-bond donors (Lipinski definition) is 2. The molecule has 0 unspecified atom stereocenters. The average molecular weight is 400 g/mol. The maximum Gasteiger partial charge on any atom is 0.325 e. The zero-order valence-corrected chi connectivity index (χ0v) is 16.1. The summed E-state index contributed by atoms with van der Waals surface area (Å²) in [5, 5.41) is 15.7. The van der Waals surface area contributed by atoms with Gasteiger partial charge in [0.05, 0.1) is 10.7 Å². The fraction of sp³-hybridized carbons (Fsp3) is 0.438. The Bertz CT molecular complexity index is 748. The minimum atomic E-state index is -0.438. The smallest absolute Gasteiger partial charge is 0.325 e. The molecule has 1 fully saturated rings. The number of nitrogens with zero attached hydrogens (tertiary/aromatic N) is 3. The molecule has 2 amide bonds. The molecule has 2 N–H and O–H groups in total. The van der Waals surface area contributed by atoms with Crippen LogP contribution in [0.5, 0.6) is 0 Å². The van der Waals surface area contributed by atoms with Gasteiger partial charge in [-0.05, 0) is 31.0 Å². The summed E-state index contributed by atoms with van der Waals surface area (Å²) in [5.74, 6) is 0. The largest absolute Gasteiger partial charge is 0.347 e. The van der Waals surface area contributed by atoms with Crippen LogP contribution < -0.4 is 15.5 Å². The fourth-order valence-corrected chi connectivity index (χ4v) is 3.99. The molecule has 1 aliphatic rings. The normalized spacial score (nSPS) is 15.0. The number of carbonyl (C=O) groups is 1. The van der Waals surface area contributed by atoms with Crippen molar-refractivity contribution in [1.29, 1.82) is 0 Å². The molecule has 0 spiro atoms. The molecule has 1 aromatic heterocycles. The quantitative estimate of drug-likeness (QED) is 0.735. The molecule has 0 radical (unpaired) electrons. The van der Waals surface area contributed by atoms with Crippen LogP contribution in [0.1, 0.15) is 32.1 Å². The van der Waals surface area contributed by atoms with Crippen LogP contribution in [-0.2, 0) is 0 Å². The third kappa shape index (κ3) is 4.74. The number of carbonyl (C=O) groups excluding carboxylic acids is 1. The maximum absolute atomic E-state index is 12.1. The van der Waals surface area contributed by atoms with E-state index in [1.807, 2.05) is 7.05 Å². The average Bonchev–Trinajstić information content (AvgIpc) is 3.06. The van der Waals surface area contributed by atoms with Gasteiger partial charge in [-0.1, -0.05) is 53.8 Å². The molecular weight excluding hydrogens is 381 g/mol. The van der Waals surface area contributed by atoms with Crippen molar-refractivity contribution in [3.8, 4) is 0 Å². The second kappa shape index (κ2) is 8.21. The first-order valence-electron chi connectivity index (χ1n) is 8.12. The van der Waals surface area contributed by atoms with Gasteiger partial charge in [-0.2, -0.15) is 0 Å². The Kier molecular flexibility index (Phi) is 5.98. The van der Waals surface area contributed by atoms with Crippen molar-refractivity contribution >= 4 is 56.5 Å². The highest BCUT2D eigenvalue weighted by Gasteiger charge is 2.21. The fourth-order valence-electron chi connectivity index (χ4n) is 2.88. The summed E-state index contributed by atoms with van der Waals surface area (Å²) >= 11 is 13.3. The zero-order valence-electron chi connectivity index (χ0n) is 13.8. The maximum atomic E-state index is 12.1. The van der Waals surface area contributed by atoms with Gasteiger partial charge < -0.3 is 10.2 Å². The number of benzene rings is 1. The van der Waals surface area contributed by atoms with Crippen LogP contribution in [0.3, 0.4) is 0 Å².